The number of rotatable bonds is 5. The molecule has 2 N–H and O–H groups in total. The number of benzene rings is 1. The zero-order valence-electron chi connectivity index (χ0n) is 21.0. The summed E-state index contributed by atoms with van der Waals surface area (Å²) in [6, 6.07) is 7.12. The van der Waals surface area contributed by atoms with Gasteiger partial charge in [0.15, 0.2) is 0 Å². The Morgan fingerprint density at radius 2 is 1.82 bits per heavy atom. The van der Waals surface area contributed by atoms with E-state index in [1.165, 1.54) is 0 Å². The SMILES string of the molecule is COc1ccc(C(=O)N[C@H]2CC[C@]3(C)CCC([C@H](C)C(=O)N4CCOCC4)[C@H](O)[C@H]3[C@@H]2C)cc1. The van der Waals surface area contributed by atoms with Gasteiger partial charge in [0.05, 0.1) is 26.4 Å². The fourth-order valence-corrected chi connectivity index (χ4v) is 6.75. The molecular formula is C27H40N2O5. The Morgan fingerprint density at radius 1 is 1.18 bits per heavy atom. The van der Waals surface area contributed by atoms with Crippen LogP contribution in [-0.4, -0.2) is 67.4 Å². The van der Waals surface area contributed by atoms with E-state index in [9.17, 15) is 14.7 Å². The lowest BCUT2D eigenvalue weighted by atomic mass is 9.51. The molecule has 34 heavy (non-hydrogen) atoms. The molecule has 2 saturated carbocycles. The number of nitrogens with one attached hydrogen (secondary N) is 1. The molecule has 2 aliphatic carbocycles. The summed E-state index contributed by atoms with van der Waals surface area (Å²) in [5.41, 5.74) is 0.631. The standard InChI is InChI=1S/C27H40N2O5/c1-17(26(32)29-13-15-34-16-14-29)21-9-11-27(3)12-10-22(18(2)23(27)24(21)30)28-25(31)19-5-7-20(33-4)8-6-19/h5-8,17-18,21-24,30H,9-16H2,1-4H3,(H,28,31)/t17-,18+,21?,22-,23+,24-,27-/m0/s1. The second-order valence-electron chi connectivity index (χ2n) is 10.8. The second kappa shape index (κ2) is 10.2. The van der Waals surface area contributed by atoms with Gasteiger partial charge in [0.1, 0.15) is 5.75 Å². The number of nitrogens with zero attached hydrogens (tertiary/aromatic N) is 1. The van der Waals surface area contributed by atoms with E-state index in [4.69, 9.17) is 9.47 Å². The molecule has 1 aromatic rings. The number of aliphatic hydroxyl groups excluding tert-OH is 1. The van der Waals surface area contributed by atoms with Crippen molar-refractivity contribution in [1.82, 2.24) is 10.2 Å². The molecule has 1 saturated heterocycles. The topological polar surface area (TPSA) is 88.1 Å². The highest BCUT2D eigenvalue weighted by Gasteiger charge is 2.54. The molecule has 188 valence electrons. The molecule has 1 heterocycles. The third-order valence-corrected chi connectivity index (χ3v) is 8.91. The maximum Gasteiger partial charge on any atom is 0.251 e. The molecule has 3 fully saturated rings. The zero-order chi connectivity index (χ0) is 24.5. The molecule has 7 nitrogen and oxygen atoms in total. The van der Waals surface area contributed by atoms with Gasteiger partial charge in [-0.2, -0.15) is 0 Å². The highest BCUT2D eigenvalue weighted by molar-refractivity contribution is 5.94. The average molecular weight is 473 g/mol. The molecule has 1 aliphatic heterocycles. The van der Waals surface area contributed by atoms with Crippen LogP contribution in [0, 0.1) is 29.1 Å². The molecule has 7 heteroatoms. The van der Waals surface area contributed by atoms with Gasteiger partial charge in [-0.15, -0.1) is 0 Å². The van der Waals surface area contributed by atoms with Gasteiger partial charge in [0, 0.05) is 30.6 Å². The van der Waals surface area contributed by atoms with E-state index in [2.05, 4.69) is 19.2 Å². The van der Waals surface area contributed by atoms with Gasteiger partial charge in [-0.05, 0) is 73.1 Å². The zero-order valence-corrected chi connectivity index (χ0v) is 21.0. The molecule has 0 spiro atoms. The minimum atomic E-state index is -0.561. The van der Waals surface area contributed by atoms with Crippen LogP contribution in [0.3, 0.4) is 0 Å². The van der Waals surface area contributed by atoms with Gasteiger partial charge in [-0.1, -0.05) is 20.8 Å². The molecule has 1 unspecified atom stereocenters. The summed E-state index contributed by atoms with van der Waals surface area (Å²) in [4.78, 5) is 28.0. The van der Waals surface area contributed by atoms with Crippen molar-refractivity contribution in [2.75, 3.05) is 33.4 Å². The fraction of sp³-hybridized carbons (Fsp3) is 0.704. The lowest BCUT2D eigenvalue weighted by molar-refractivity contribution is -0.153. The van der Waals surface area contributed by atoms with E-state index in [0.717, 1.165) is 31.4 Å². The van der Waals surface area contributed by atoms with Crippen LogP contribution < -0.4 is 10.1 Å². The van der Waals surface area contributed by atoms with Crippen molar-refractivity contribution in [2.45, 2.75) is 58.6 Å². The van der Waals surface area contributed by atoms with E-state index < -0.39 is 6.10 Å². The van der Waals surface area contributed by atoms with Gasteiger partial charge in [0.2, 0.25) is 5.91 Å². The number of carbonyl (C=O) groups is 2. The van der Waals surface area contributed by atoms with Crippen molar-refractivity contribution in [2.24, 2.45) is 29.1 Å². The van der Waals surface area contributed by atoms with Crippen LogP contribution in [0.1, 0.15) is 56.8 Å². The largest absolute Gasteiger partial charge is 0.497 e. The number of ether oxygens (including phenoxy) is 2. The van der Waals surface area contributed by atoms with E-state index in [0.29, 0.717) is 31.9 Å². The van der Waals surface area contributed by atoms with Gasteiger partial charge in [-0.25, -0.2) is 0 Å². The van der Waals surface area contributed by atoms with Gasteiger partial charge < -0.3 is 24.8 Å². The number of aliphatic hydroxyl groups is 1. The summed E-state index contributed by atoms with van der Waals surface area (Å²) in [6.45, 7) is 8.83. The smallest absolute Gasteiger partial charge is 0.251 e. The number of morpholine rings is 1. The van der Waals surface area contributed by atoms with E-state index in [-0.39, 0.29) is 46.9 Å². The first-order valence-corrected chi connectivity index (χ1v) is 12.7. The molecule has 0 radical (unpaired) electrons. The quantitative estimate of drug-likeness (QED) is 0.688. The molecule has 1 aromatic carbocycles. The third kappa shape index (κ3) is 4.82. The van der Waals surface area contributed by atoms with Crippen molar-refractivity contribution in [3.05, 3.63) is 29.8 Å². The molecule has 0 bridgehead atoms. The molecule has 4 rings (SSSR count). The van der Waals surface area contributed by atoms with Gasteiger partial charge in [-0.3, -0.25) is 9.59 Å². The van der Waals surface area contributed by atoms with E-state index >= 15 is 0 Å². The van der Waals surface area contributed by atoms with Crippen molar-refractivity contribution in [3.63, 3.8) is 0 Å². The molecule has 7 atom stereocenters. The van der Waals surface area contributed by atoms with Crippen LogP contribution in [0.5, 0.6) is 5.75 Å². The van der Waals surface area contributed by atoms with Crippen molar-refractivity contribution in [1.29, 1.82) is 0 Å². The van der Waals surface area contributed by atoms with E-state index in [1.54, 1.807) is 31.4 Å². The number of methoxy groups -OCH3 is 1. The summed E-state index contributed by atoms with van der Waals surface area (Å²) in [7, 11) is 1.61. The van der Waals surface area contributed by atoms with Crippen LogP contribution in [0.15, 0.2) is 24.3 Å². The Hall–Kier alpha value is -2.12. The predicted octanol–water partition coefficient (Wildman–Crippen LogP) is 3.11. The maximum absolute atomic E-state index is 13.2. The minimum absolute atomic E-state index is 0.00803. The molecule has 3 aliphatic rings. The first-order chi connectivity index (χ1) is 16.2. The summed E-state index contributed by atoms with van der Waals surface area (Å²) < 4.78 is 10.6. The number of amides is 2. The number of carbonyl (C=O) groups excluding carboxylic acids is 2. The van der Waals surface area contributed by atoms with Crippen LogP contribution in [-0.2, 0) is 9.53 Å². The average Bonchev–Trinajstić information content (AvgIpc) is 2.85. The number of hydrogen-bond acceptors (Lipinski definition) is 5. The third-order valence-electron chi connectivity index (χ3n) is 8.91. The van der Waals surface area contributed by atoms with Crippen LogP contribution in [0.2, 0.25) is 0 Å². The van der Waals surface area contributed by atoms with Gasteiger partial charge >= 0.3 is 0 Å². The molecule has 0 aromatic heterocycles. The first-order valence-electron chi connectivity index (χ1n) is 12.7. The van der Waals surface area contributed by atoms with Crippen molar-refractivity contribution < 1.29 is 24.2 Å². The van der Waals surface area contributed by atoms with Gasteiger partial charge in [0.25, 0.3) is 5.91 Å². The predicted molar refractivity (Wildman–Crippen MR) is 130 cm³/mol. The Kier molecular flexibility index (Phi) is 7.53. The van der Waals surface area contributed by atoms with Crippen molar-refractivity contribution in [3.8, 4) is 5.75 Å². The Bertz CT molecular complexity index is 868. The Labute approximate surface area is 203 Å². The van der Waals surface area contributed by atoms with Crippen LogP contribution >= 0.6 is 0 Å². The highest BCUT2D eigenvalue weighted by atomic mass is 16.5. The fourth-order valence-electron chi connectivity index (χ4n) is 6.75. The lowest BCUT2D eigenvalue weighted by Crippen LogP contribution is -2.59. The minimum Gasteiger partial charge on any atom is -0.497 e. The highest BCUT2D eigenvalue weighted by Crippen LogP contribution is 2.55. The second-order valence-corrected chi connectivity index (χ2v) is 10.8. The first kappa shape index (κ1) is 25.0. The summed E-state index contributed by atoms with van der Waals surface area (Å²) >= 11 is 0. The number of hydrogen-bond donors (Lipinski definition) is 2. The maximum atomic E-state index is 13.2. The molecule has 2 amide bonds. The number of fused-ring (bicyclic) bond motifs is 1. The Balaban J connectivity index is 1.45. The lowest BCUT2D eigenvalue weighted by Gasteiger charge is -2.56. The van der Waals surface area contributed by atoms with Crippen LogP contribution in [0.4, 0.5) is 0 Å². The normalized spacial score (nSPS) is 34.6. The van der Waals surface area contributed by atoms with E-state index in [1.807, 2.05) is 11.8 Å². The van der Waals surface area contributed by atoms with Crippen molar-refractivity contribution >= 4 is 11.8 Å². The van der Waals surface area contributed by atoms with Crippen LogP contribution in [0.25, 0.3) is 0 Å². The summed E-state index contributed by atoms with van der Waals surface area (Å²) in [6.07, 6.45) is 3.17. The molecular weight excluding hydrogens is 432 g/mol. The summed E-state index contributed by atoms with van der Waals surface area (Å²) in [5.74, 6) is 0.622. The monoisotopic (exact) mass is 472 g/mol. The summed E-state index contributed by atoms with van der Waals surface area (Å²) in [5, 5.41) is 14.9. The Morgan fingerprint density at radius 3 is 2.47 bits per heavy atom.